The van der Waals surface area contributed by atoms with Crippen LogP contribution < -0.4 is 0 Å². The van der Waals surface area contributed by atoms with Crippen LogP contribution in [0.15, 0.2) is 60.8 Å². The number of carbonyl (C=O) groups is 1. The molecule has 1 aliphatic rings. The third kappa shape index (κ3) is 24.9. The van der Waals surface area contributed by atoms with Gasteiger partial charge in [0.2, 0.25) is 0 Å². The molecule has 1 heterocycles. The van der Waals surface area contributed by atoms with E-state index < -0.39 is 59.8 Å². The van der Waals surface area contributed by atoms with Gasteiger partial charge in [-0.2, -0.15) is 8.42 Å². The molecule has 0 radical (unpaired) electrons. The lowest BCUT2D eigenvalue weighted by atomic mass is 9.99. The van der Waals surface area contributed by atoms with Crippen molar-refractivity contribution in [2.24, 2.45) is 0 Å². The van der Waals surface area contributed by atoms with Crippen molar-refractivity contribution >= 4 is 16.4 Å². The van der Waals surface area contributed by atoms with Gasteiger partial charge in [0, 0.05) is 13.0 Å². The summed E-state index contributed by atoms with van der Waals surface area (Å²) in [5.41, 5.74) is 0. The molecule has 0 aliphatic carbocycles. The van der Waals surface area contributed by atoms with Gasteiger partial charge in [0.05, 0.1) is 19.8 Å². The van der Waals surface area contributed by atoms with Crippen LogP contribution in [0.25, 0.3) is 0 Å². The highest BCUT2D eigenvalue weighted by Gasteiger charge is 2.48. The first-order chi connectivity index (χ1) is 25.1. The third-order valence-corrected chi connectivity index (χ3v) is 8.59. The van der Waals surface area contributed by atoms with Crippen LogP contribution in [-0.4, -0.2) is 97.5 Å². The fraction of sp³-hybridized carbons (Fsp3) is 0.718. The summed E-state index contributed by atoms with van der Waals surface area (Å²) in [4.78, 5) is 12.2. The van der Waals surface area contributed by atoms with Crippen LogP contribution >= 0.6 is 0 Å². The second kappa shape index (κ2) is 31.2. The Morgan fingerprint density at radius 3 is 1.83 bits per heavy atom. The summed E-state index contributed by atoms with van der Waals surface area (Å²) in [5.74, 6) is -0.459. The fourth-order valence-corrected chi connectivity index (χ4v) is 5.83. The van der Waals surface area contributed by atoms with Crippen LogP contribution in [0.1, 0.15) is 117 Å². The monoisotopic (exact) mass is 758 g/mol. The normalized spacial score (nSPS) is 22.2. The SMILES string of the molecule is CC/C=C\C/C=C\C/C=C\C/C=C\C/C=C\CCCCCCCCCCOCC(COC1OC(CO)C(O)C(OS(=O)(=O)O)C1O)OC(=O)CCC. The number of aliphatic hydroxyl groups is 3. The average molecular weight is 759 g/mol. The number of esters is 1. The number of carbonyl (C=O) groups excluding carboxylic acids is 1. The Kier molecular flexibility index (Phi) is 28.7. The van der Waals surface area contributed by atoms with Crippen molar-refractivity contribution < 1.29 is 56.2 Å². The zero-order chi connectivity index (χ0) is 38.3. The molecule has 300 valence electrons. The molecule has 52 heavy (non-hydrogen) atoms. The second-order valence-corrected chi connectivity index (χ2v) is 13.8. The molecule has 12 nitrogen and oxygen atoms in total. The molecule has 1 saturated heterocycles. The van der Waals surface area contributed by atoms with E-state index >= 15 is 0 Å². The molecule has 0 aromatic carbocycles. The Bertz CT molecular complexity index is 1150. The first kappa shape index (κ1) is 47.8. The van der Waals surface area contributed by atoms with Gasteiger partial charge in [-0.25, -0.2) is 4.18 Å². The van der Waals surface area contributed by atoms with E-state index in [1.165, 1.54) is 32.1 Å². The van der Waals surface area contributed by atoms with E-state index in [-0.39, 0.29) is 19.6 Å². The van der Waals surface area contributed by atoms with Gasteiger partial charge in [-0.05, 0) is 57.8 Å². The number of hydrogen-bond donors (Lipinski definition) is 4. The van der Waals surface area contributed by atoms with Gasteiger partial charge in [-0.3, -0.25) is 9.35 Å². The minimum Gasteiger partial charge on any atom is -0.457 e. The Labute approximate surface area is 312 Å². The summed E-state index contributed by atoms with van der Waals surface area (Å²) in [7, 11) is -5.05. The van der Waals surface area contributed by atoms with E-state index in [2.05, 4.69) is 71.9 Å². The summed E-state index contributed by atoms with van der Waals surface area (Å²) >= 11 is 0. The number of ether oxygens (including phenoxy) is 4. The van der Waals surface area contributed by atoms with Crippen LogP contribution in [0.3, 0.4) is 0 Å². The molecule has 0 saturated carbocycles. The first-order valence-electron chi connectivity index (χ1n) is 19.0. The van der Waals surface area contributed by atoms with Crippen molar-refractivity contribution in [2.45, 2.75) is 153 Å². The van der Waals surface area contributed by atoms with Gasteiger partial charge < -0.3 is 34.3 Å². The number of unbranched alkanes of at least 4 members (excludes halogenated alkanes) is 8. The predicted molar refractivity (Wildman–Crippen MR) is 202 cm³/mol. The molecule has 1 aliphatic heterocycles. The molecule has 0 spiro atoms. The fourth-order valence-electron chi connectivity index (χ4n) is 5.32. The van der Waals surface area contributed by atoms with Gasteiger partial charge in [0.15, 0.2) is 6.29 Å². The summed E-state index contributed by atoms with van der Waals surface area (Å²) in [6.07, 6.45) is 28.9. The van der Waals surface area contributed by atoms with Crippen molar-refractivity contribution in [1.29, 1.82) is 0 Å². The van der Waals surface area contributed by atoms with Crippen molar-refractivity contribution in [1.82, 2.24) is 0 Å². The van der Waals surface area contributed by atoms with Crippen LogP contribution in [0.5, 0.6) is 0 Å². The Morgan fingerprint density at radius 1 is 0.750 bits per heavy atom. The van der Waals surface area contributed by atoms with Crippen LogP contribution in [0.2, 0.25) is 0 Å². The van der Waals surface area contributed by atoms with E-state index in [0.29, 0.717) is 13.0 Å². The largest absolute Gasteiger partial charge is 0.457 e. The average Bonchev–Trinajstić information content (AvgIpc) is 3.10. The summed E-state index contributed by atoms with van der Waals surface area (Å²) < 4.78 is 57.9. The molecule has 6 atom stereocenters. The lowest BCUT2D eigenvalue weighted by molar-refractivity contribution is -0.301. The van der Waals surface area contributed by atoms with Crippen LogP contribution in [-0.2, 0) is 38.3 Å². The molecule has 0 amide bonds. The van der Waals surface area contributed by atoms with E-state index in [1.54, 1.807) is 0 Å². The summed E-state index contributed by atoms with van der Waals surface area (Å²) in [6.45, 7) is 3.42. The van der Waals surface area contributed by atoms with E-state index in [0.717, 1.165) is 57.8 Å². The summed E-state index contributed by atoms with van der Waals surface area (Å²) in [6, 6.07) is 0. The smallest absolute Gasteiger partial charge is 0.397 e. The number of hydrogen-bond acceptors (Lipinski definition) is 11. The standard InChI is InChI=1S/C39H66O12S/c1-3-5-6-7-8-9-10-11-12-13-14-15-16-17-18-19-20-21-22-23-24-25-26-27-29-47-31-33(49-35(41)28-4-2)32-48-39-37(43)38(51-52(44,45)46)36(42)34(30-40)50-39/h5-6,8-9,11-12,14-15,17-18,33-34,36-40,42-43H,3-4,7,10,13,16,19-32H2,1-2H3,(H,44,45,46)/b6-5-,9-8-,12-11-,15-14-,18-17-. The molecule has 1 rings (SSSR count). The predicted octanol–water partition coefficient (Wildman–Crippen LogP) is 6.62. The van der Waals surface area contributed by atoms with Crippen molar-refractivity contribution in [3.8, 4) is 0 Å². The number of aliphatic hydroxyl groups excluding tert-OH is 3. The molecule has 0 aromatic heterocycles. The Balaban J connectivity index is 2.19. The van der Waals surface area contributed by atoms with Crippen LogP contribution in [0, 0.1) is 0 Å². The first-order valence-corrected chi connectivity index (χ1v) is 20.4. The number of allylic oxidation sites excluding steroid dienone is 10. The molecule has 4 N–H and O–H groups in total. The zero-order valence-electron chi connectivity index (χ0n) is 31.3. The van der Waals surface area contributed by atoms with Gasteiger partial charge in [0.25, 0.3) is 0 Å². The summed E-state index contributed by atoms with van der Waals surface area (Å²) in [5, 5.41) is 30.2. The highest BCUT2D eigenvalue weighted by Crippen LogP contribution is 2.26. The maximum Gasteiger partial charge on any atom is 0.397 e. The molecular formula is C39H66O12S. The van der Waals surface area contributed by atoms with E-state index in [4.69, 9.17) is 23.5 Å². The van der Waals surface area contributed by atoms with Gasteiger partial charge >= 0.3 is 16.4 Å². The molecule has 0 bridgehead atoms. The van der Waals surface area contributed by atoms with E-state index in [9.17, 15) is 28.5 Å². The lowest BCUT2D eigenvalue weighted by Crippen LogP contribution is -2.60. The maximum absolute atomic E-state index is 12.2. The van der Waals surface area contributed by atoms with Gasteiger partial charge in [-0.15, -0.1) is 0 Å². The van der Waals surface area contributed by atoms with Gasteiger partial charge in [0.1, 0.15) is 30.5 Å². The highest BCUT2D eigenvalue weighted by atomic mass is 32.3. The quantitative estimate of drug-likeness (QED) is 0.0258. The molecule has 13 heteroatoms. The second-order valence-electron chi connectivity index (χ2n) is 12.8. The minimum atomic E-state index is -5.05. The van der Waals surface area contributed by atoms with Gasteiger partial charge in [-0.1, -0.05) is 113 Å². The molecule has 0 aromatic rings. The highest BCUT2D eigenvalue weighted by molar-refractivity contribution is 7.80. The molecule has 6 unspecified atom stereocenters. The topological polar surface area (TPSA) is 178 Å². The Morgan fingerprint density at radius 2 is 1.29 bits per heavy atom. The van der Waals surface area contributed by atoms with Crippen molar-refractivity contribution in [3.05, 3.63) is 60.8 Å². The zero-order valence-corrected chi connectivity index (χ0v) is 32.2. The molecule has 1 fully saturated rings. The third-order valence-electron chi connectivity index (χ3n) is 8.12. The Hall–Kier alpha value is -2.20. The molecular weight excluding hydrogens is 692 g/mol. The van der Waals surface area contributed by atoms with Crippen molar-refractivity contribution in [2.75, 3.05) is 26.4 Å². The van der Waals surface area contributed by atoms with Crippen molar-refractivity contribution in [3.63, 3.8) is 0 Å². The number of rotatable bonds is 31. The van der Waals surface area contributed by atoms with Crippen LogP contribution in [0.4, 0.5) is 0 Å². The maximum atomic E-state index is 12.2. The minimum absolute atomic E-state index is 0.0210. The lowest BCUT2D eigenvalue weighted by Gasteiger charge is -2.41. The van der Waals surface area contributed by atoms with E-state index in [1.807, 2.05) is 6.92 Å².